The van der Waals surface area contributed by atoms with E-state index in [1.165, 1.54) is 44.0 Å². The molecular weight excluding hydrogens is 691 g/mol. The molecule has 11 nitrogen and oxygen atoms in total. The molecule has 5 rings (SSSR count). The van der Waals surface area contributed by atoms with Crippen molar-refractivity contribution in [2.75, 3.05) is 68.5 Å². The van der Waals surface area contributed by atoms with Gasteiger partial charge in [0.2, 0.25) is 0 Å². The molecule has 1 amide bonds. The van der Waals surface area contributed by atoms with E-state index in [0.717, 1.165) is 41.2 Å². The highest BCUT2D eigenvalue weighted by atomic mass is 32.2. The van der Waals surface area contributed by atoms with Crippen molar-refractivity contribution in [3.05, 3.63) is 84.2 Å². The Balaban J connectivity index is 1.35. The first-order valence-electron chi connectivity index (χ1n) is 15.6. The number of aromatic nitrogens is 2. The minimum atomic E-state index is -4.01. The largest absolute Gasteiger partial charge is 0.493 e. The number of sulfonamides is 1. The Kier molecular flexibility index (Phi) is 13.8. The number of H-pyrrole nitrogens is 1. The fourth-order valence-corrected chi connectivity index (χ4v) is 8.79. The molecule has 1 aliphatic rings. The maximum Gasteiger partial charge on any atom is 0.281 e. The summed E-state index contributed by atoms with van der Waals surface area (Å²) >= 11 is 5.00. The van der Waals surface area contributed by atoms with Crippen molar-refractivity contribution in [1.29, 1.82) is 0 Å². The topological polar surface area (TPSA) is 126 Å². The minimum absolute atomic E-state index is 0.0852. The lowest BCUT2D eigenvalue weighted by Gasteiger charge is -2.30. The number of pyridine rings is 1. The van der Waals surface area contributed by atoms with E-state index in [4.69, 9.17) is 9.07 Å². The standard InChI is InChI=1S/C33H41N5O6S4/c1-37(48(40,41)31-11-6-7-12-34-31)30-21-27(43-15-8-16-47-44-42-2)19-26-20-29(36-32(26)30)33(39)35-22-28(23-38-13-17-45-18-14-38)46-24-25-9-4-3-5-10-25/h3-7,9-12,19-21,28,36H,8,13-18,22-24H2,1-2H3,(H,35,39). The highest BCUT2D eigenvalue weighted by Gasteiger charge is 2.26. The molecule has 258 valence electrons. The Morgan fingerprint density at radius 2 is 1.92 bits per heavy atom. The van der Waals surface area contributed by atoms with Gasteiger partial charge in [0.05, 0.1) is 24.9 Å². The highest BCUT2D eigenvalue weighted by molar-refractivity contribution is 7.99. The van der Waals surface area contributed by atoms with Gasteiger partial charge in [0.25, 0.3) is 15.9 Å². The first-order chi connectivity index (χ1) is 23.3. The number of benzene rings is 2. The maximum atomic E-state index is 13.6. The predicted molar refractivity (Wildman–Crippen MR) is 196 cm³/mol. The van der Waals surface area contributed by atoms with E-state index in [0.29, 0.717) is 53.4 Å². The number of carbonyl (C=O) groups is 1. The van der Waals surface area contributed by atoms with Crippen molar-refractivity contribution >= 4 is 68.1 Å². The Labute approximate surface area is 295 Å². The van der Waals surface area contributed by atoms with Crippen LogP contribution in [0, 0.1) is 0 Å². The number of anilines is 1. The summed E-state index contributed by atoms with van der Waals surface area (Å²) in [6, 6.07) is 20.3. The van der Waals surface area contributed by atoms with Gasteiger partial charge >= 0.3 is 0 Å². The molecule has 1 atom stereocenters. The van der Waals surface area contributed by atoms with Gasteiger partial charge in [0, 0.05) is 91.2 Å². The summed E-state index contributed by atoms with van der Waals surface area (Å²) in [5, 5.41) is 3.90. The molecule has 0 aliphatic carbocycles. The molecule has 3 heterocycles. The number of thioether (sulfide) groups is 2. The van der Waals surface area contributed by atoms with Crippen molar-refractivity contribution in [3.8, 4) is 5.75 Å². The molecule has 4 aromatic rings. The monoisotopic (exact) mass is 731 g/mol. The van der Waals surface area contributed by atoms with Crippen LogP contribution in [-0.4, -0.2) is 98.6 Å². The predicted octanol–water partition coefficient (Wildman–Crippen LogP) is 5.46. The fraction of sp³-hybridized carbons (Fsp3) is 0.394. The normalized spacial score (nSPS) is 14.5. The van der Waals surface area contributed by atoms with E-state index in [2.05, 4.69) is 37.2 Å². The number of hydrogen-bond acceptors (Lipinski definition) is 11. The lowest BCUT2D eigenvalue weighted by atomic mass is 10.2. The first kappa shape index (κ1) is 36.4. The smallest absolute Gasteiger partial charge is 0.281 e. The van der Waals surface area contributed by atoms with E-state index in [-0.39, 0.29) is 16.2 Å². The average molecular weight is 732 g/mol. The second-order valence-electron chi connectivity index (χ2n) is 11.0. The number of fused-ring (bicyclic) bond motifs is 1. The van der Waals surface area contributed by atoms with Crippen LogP contribution in [0.25, 0.3) is 10.9 Å². The van der Waals surface area contributed by atoms with Gasteiger partial charge in [0.15, 0.2) is 5.03 Å². The number of hydrogen-bond donors (Lipinski definition) is 2. The summed E-state index contributed by atoms with van der Waals surface area (Å²) in [7, 11) is -1.10. The molecule has 1 fully saturated rings. The van der Waals surface area contributed by atoms with Gasteiger partial charge in [-0.3, -0.25) is 9.10 Å². The lowest BCUT2D eigenvalue weighted by molar-refractivity contribution is -0.160. The molecule has 48 heavy (non-hydrogen) atoms. The minimum Gasteiger partial charge on any atom is -0.493 e. The van der Waals surface area contributed by atoms with Gasteiger partial charge < -0.3 is 19.9 Å². The van der Waals surface area contributed by atoms with E-state index < -0.39 is 10.0 Å². The second kappa shape index (κ2) is 18.2. The van der Waals surface area contributed by atoms with E-state index in [1.807, 2.05) is 41.7 Å². The first-order valence-corrected chi connectivity index (χ1v) is 20.2. The van der Waals surface area contributed by atoms with Gasteiger partial charge in [-0.05, 0) is 36.2 Å². The Bertz CT molecular complexity index is 1710. The van der Waals surface area contributed by atoms with E-state index in [9.17, 15) is 13.2 Å². The number of aromatic amines is 1. The molecule has 15 heteroatoms. The molecule has 0 bridgehead atoms. The maximum absolute atomic E-state index is 13.6. The number of rotatable bonds is 18. The zero-order valence-electron chi connectivity index (χ0n) is 27.0. The van der Waals surface area contributed by atoms with Crippen molar-refractivity contribution < 1.29 is 27.2 Å². The van der Waals surface area contributed by atoms with Crippen LogP contribution < -0.4 is 14.4 Å². The molecule has 2 aromatic carbocycles. The number of ether oxygens (including phenoxy) is 1. The summed E-state index contributed by atoms with van der Waals surface area (Å²) in [6.45, 7) is 3.85. The van der Waals surface area contributed by atoms with Gasteiger partial charge in [-0.2, -0.15) is 36.3 Å². The average Bonchev–Trinajstić information content (AvgIpc) is 3.56. The van der Waals surface area contributed by atoms with Crippen LogP contribution in [0.4, 0.5) is 5.69 Å². The number of nitrogens with one attached hydrogen (secondary N) is 2. The van der Waals surface area contributed by atoms with Gasteiger partial charge in [0.1, 0.15) is 11.4 Å². The fourth-order valence-electron chi connectivity index (χ4n) is 5.15. The Morgan fingerprint density at radius 3 is 2.67 bits per heavy atom. The third kappa shape index (κ3) is 10.1. The zero-order valence-corrected chi connectivity index (χ0v) is 30.3. The Morgan fingerprint density at radius 1 is 1.12 bits per heavy atom. The third-order valence-corrected chi connectivity index (χ3v) is 12.3. The van der Waals surface area contributed by atoms with Crippen LogP contribution in [0.3, 0.4) is 0 Å². The molecular formula is C33H41N5O6S4. The molecule has 1 saturated heterocycles. The summed E-state index contributed by atoms with van der Waals surface area (Å²) in [5.41, 5.74) is 2.42. The van der Waals surface area contributed by atoms with Gasteiger partial charge in [-0.25, -0.2) is 9.87 Å². The van der Waals surface area contributed by atoms with E-state index >= 15 is 0 Å². The molecule has 0 saturated carbocycles. The third-order valence-electron chi connectivity index (χ3n) is 7.67. The number of amides is 1. The molecule has 0 spiro atoms. The van der Waals surface area contributed by atoms with Crippen LogP contribution >= 0.6 is 35.6 Å². The van der Waals surface area contributed by atoms with Crippen LogP contribution in [0.2, 0.25) is 0 Å². The summed E-state index contributed by atoms with van der Waals surface area (Å²) in [4.78, 5) is 27.9. The van der Waals surface area contributed by atoms with Crippen molar-refractivity contribution in [3.63, 3.8) is 0 Å². The van der Waals surface area contributed by atoms with E-state index in [1.54, 1.807) is 30.3 Å². The van der Waals surface area contributed by atoms with Crippen molar-refractivity contribution in [2.24, 2.45) is 0 Å². The van der Waals surface area contributed by atoms with Crippen LogP contribution in [0.5, 0.6) is 5.75 Å². The van der Waals surface area contributed by atoms with Crippen molar-refractivity contribution in [1.82, 2.24) is 20.2 Å². The van der Waals surface area contributed by atoms with Gasteiger partial charge in [-0.15, -0.1) is 0 Å². The molecule has 0 radical (unpaired) electrons. The van der Waals surface area contributed by atoms with Gasteiger partial charge in [-0.1, -0.05) is 36.4 Å². The van der Waals surface area contributed by atoms with Crippen LogP contribution in [0.1, 0.15) is 22.5 Å². The Hall–Kier alpha value is -2.92. The van der Waals surface area contributed by atoms with Crippen LogP contribution in [-0.2, 0) is 25.0 Å². The summed E-state index contributed by atoms with van der Waals surface area (Å²) in [6.07, 6.45) is 2.11. The molecule has 1 aliphatic heterocycles. The second-order valence-corrected chi connectivity index (χ2v) is 16.2. The summed E-state index contributed by atoms with van der Waals surface area (Å²) < 4.78 is 39.2. The molecule has 2 aromatic heterocycles. The quantitative estimate of drug-likeness (QED) is 0.0587. The molecule has 2 N–H and O–H groups in total. The summed E-state index contributed by atoms with van der Waals surface area (Å²) in [5.74, 6) is 3.96. The van der Waals surface area contributed by atoms with Crippen molar-refractivity contribution in [2.45, 2.75) is 22.4 Å². The lowest BCUT2D eigenvalue weighted by Crippen LogP contribution is -2.42. The molecule has 1 unspecified atom stereocenters. The number of nitrogens with zero attached hydrogens (tertiary/aromatic N) is 3. The number of carbonyl (C=O) groups excluding carboxylic acids is 1. The SMILES string of the molecule is COOSCCCOc1cc(N(C)S(=O)(=O)c2ccccn2)c2[nH]c(C(=O)NCC(CN3CCSCC3)SCc3ccccc3)cc2c1. The highest BCUT2D eigenvalue weighted by Crippen LogP contribution is 2.34. The van der Waals surface area contributed by atoms with Crippen LogP contribution in [0.15, 0.2) is 78.0 Å². The zero-order chi connectivity index (χ0) is 33.8.